The molecule has 1 unspecified atom stereocenters. The van der Waals surface area contributed by atoms with Gasteiger partial charge in [-0.25, -0.2) is 0 Å². The van der Waals surface area contributed by atoms with Crippen LogP contribution in [0.25, 0.3) is 0 Å². The summed E-state index contributed by atoms with van der Waals surface area (Å²) in [7, 11) is 0. The molecule has 0 bridgehead atoms. The zero-order valence-corrected chi connectivity index (χ0v) is 29.3. The lowest BCUT2D eigenvalue weighted by Crippen LogP contribution is -2.58. The normalized spacial score (nSPS) is 12.4. The second-order valence-corrected chi connectivity index (χ2v) is 12.2. The standard InChI is InChI=1S/C32H56N14O4/c1-19(2)26(46-28(49)24(9-7-17-42-32(38)39)44-25(47)10-4-5-15-40-30(34)35)29(50)45-23(8-6-16-41-31(36)37)27(48)43-18-21-11-13-22(14-12-21)20(3)33/h11-14,19,23-24,26,33H,4-10,15-18H2,1-3H3,(H,43,48)(H,44,47)(H,45,50)(H,46,49)(H4,34,35,40)(H4,36,37,41)(H4,38,39,42)/t23-,24-,26?/m0/s1. The third-order valence-electron chi connectivity index (χ3n) is 7.50. The SMILES string of the molecule is CC(=N)c1ccc(CNC(=O)[C@H](CCCNC(=N)N)NC(=O)C(NC(=O)[C@H](CCCNC(=N)N)NC(=O)CCCCNC(=N)N)C(C)C)cc1. The van der Waals surface area contributed by atoms with E-state index in [2.05, 4.69) is 37.2 Å². The van der Waals surface area contributed by atoms with Crippen LogP contribution in [0.5, 0.6) is 0 Å². The molecule has 0 saturated carbocycles. The van der Waals surface area contributed by atoms with Crippen LogP contribution >= 0.6 is 0 Å². The Kier molecular flexibility index (Phi) is 19.6. The van der Waals surface area contributed by atoms with E-state index < -0.39 is 35.8 Å². The molecule has 18 heteroatoms. The van der Waals surface area contributed by atoms with Gasteiger partial charge in [0.15, 0.2) is 17.9 Å². The van der Waals surface area contributed by atoms with Crippen molar-refractivity contribution in [3.05, 3.63) is 35.4 Å². The second kappa shape index (κ2) is 23.0. The third kappa shape index (κ3) is 18.2. The van der Waals surface area contributed by atoms with Crippen LogP contribution in [-0.4, -0.2) is 85.0 Å². The van der Waals surface area contributed by atoms with Crippen LogP contribution in [0.2, 0.25) is 0 Å². The van der Waals surface area contributed by atoms with Gasteiger partial charge in [0.2, 0.25) is 23.6 Å². The van der Waals surface area contributed by atoms with Crippen molar-refractivity contribution in [3.63, 3.8) is 0 Å². The van der Waals surface area contributed by atoms with Crippen molar-refractivity contribution in [2.24, 2.45) is 23.1 Å². The van der Waals surface area contributed by atoms with Crippen molar-refractivity contribution >= 4 is 47.2 Å². The number of carbonyl (C=O) groups is 4. The highest BCUT2D eigenvalue weighted by molar-refractivity contribution is 5.96. The van der Waals surface area contributed by atoms with Crippen LogP contribution in [0, 0.1) is 27.6 Å². The van der Waals surface area contributed by atoms with Crippen molar-refractivity contribution in [2.45, 2.75) is 90.4 Å². The first-order valence-corrected chi connectivity index (χ1v) is 16.7. The quantitative estimate of drug-likeness (QED) is 0.0374. The molecule has 4 amide bonds. The first-order valence-electron chi connectivity index (χ1n) is 16.7. The van der Waals surface area contributed by atoms with Crippen LogP contribution in [0.1, 0.15) is 76.8 Å². The van der Waals surface area contributed by atoms with Gasteiger partial charge in [-0.15, -0.1) is 0 Å². The van der Waals surface area contributed by atoms with Gasteiger partial charge in [0.25, 0.3) is 0 Å². The zero-order valence-electron chi connectivity index (χ0n) is 29.3. The maximum absolute atomic E-state index is 13.6. The number of guanidine groups is 3. The third-order valence-corrected chi connectivity index (χ3v) is 7.50. The van der Waals surface area contributed by atoms with Gasteiger partial charge < -0.3 is 59.8 Å². The van der Waals surface area contributed by atoms with Gasteiger partial charge in [-0.3, -0.25) is 35.4 Å². The molecule has 1 rings (SSSR count). The molecule has 0 aliphatic rings. The van der Waals surface area contributed by atoms with Gasteiger partial charge in [-0.1, -0.05) is 38.1 Å². The number of carbonyl (C=O) groups excluding carboxylic acids is 4. The summed E-state index contributed by atoms with van der Waals surface area (Å²) in [6.07, 6.45) is 2.40. The highest BCUT2D eigenvalue weighted by Crippen LogP contribution is 2.09. The molecule has 0 aliphatic carbocycles. The van der Waals surface area contributed by atoms with Crippen molar-refractivity contribution in [1.82, 2.24) is 37.2 Å². The van der Waals surface area contributed by atoms with Crippen LogP contribution in [-0.2, 0) is 25.7 Å². The van der Waals surface area contributed by atoms with Gasteiger partial charge in [0, 0.05) is 38.3 Å². The van der Waals surface area contributed by atoms with Gasteiger partial charge in [-0.05, 0) is 62.5 Å². The summed E-state index contributed by atoms with van der Waals surface area (Å²) in [6.45, 7) is 6.39. The van der Waals surface area contributed by atoms with E-state index in [-0.39, 0.29) is 55.5 Å². The van der Waals surface area contributed by atoms with E-state index in [4.69, 9.17) is 38.8 Å². The molecule has 0 aromatic heterocycles. The number of unbranched alkanes of at least 4 members (excludes halogenated alkanes) is 1. The van der Waals surface area contributed by atoms with E-state index >= 15 is 0 Å². The first-order chi connectivity index (χ1) is 23.6. The molecule has 0 saturated heterocycles. The molecule has 0 radical (unpaired) electrons. The molecule has 50 heavy (non-hydrogen) atoms. The summed E-state index contributed by atoms with van der Waals surface area (Å²) in [5, 5.41) is 48.8. The molecule has 1 aromatic carbocycles. The number of hydrogen-bond acceptors (Lipinski definition) is 8. The Balaban J connectivity index is 3.02. The van der Waals surface area contributed by atoms with Crippen molar-refractivity contribution in [2.75, 3.05) is 19.6 Å². The van der Waals surface area contributed by atoms with Gasteiger partial charge >= 0.3 is 0 Å². The van der Waals surface area contributed by atoms with Crippen molar-refractivity contribution < 1.29 is 19.2 Å². The second-order valence-electron chi connectivity index (χ2n) is 12.2. The summed E-state index contributed by atoms with van der Waals surface area (Å²) in [6, 6.07) is 4.19. The summed E-state index contributed by atoms with van der Waals surface area (Å²) < 4.78 is 0. The Bertz CT molecular complexity index is 1320. The number of hydrogen-bond donors (Lipinski definition) is 14. The predicted octanol–water partition coefficient (Wildman–Crippen LogP) is -1.02. The number of benzene rings is 1. The average molecular weight is 701 g/mol. The molecule has 0 spiro atoms. The topological polar surface area (TPSA) is 326 Å². The summed E-state index contributed by atoms with van der Waals surface area (Å²) in [4.78, 5) is 53.2. The minimum Gasteiger partial charge on any atom is -0.370 e. The van der Waals surface area contributed by atoms with E-state index in [0.717, 1.165) is 11.1 Å². The lowest BCUT2D eigenvalue weighted by molar-refractivity contribution is -0.134. The number of nitrogens with one attached hydrogen (secondary N) is 11. The van der Waals surface area contributed by atoms with Crippen molar-refractivity contribution in [3.8, 4) is 0 Å². The van der Waals surface area contributed by atoms with Crippen LogP contribution in [0.4, 0.5) is 0 Å². The Morgan fingerprint density at radius 1 is 0.640 bits per heavy atom. The minimum atomic E-state index is -1.04. The Morgan fingerprint density at radius 2 is 1.14 bits per heavy atom. The molecule has 18 nitrogen and oxygen atoms in total. The van der Waals surface area contributed by atoms with E-state index in [0.29, 0.717) is 51.0 Å². The maximum atomic E-state index is 13.6. The monoisotopic (exact) mass is 700 g/mol. The molecule has 0 aliphatic heterocycles. The lowest BCUT2D eigenvalue weighted by atomic mass is 10.0. The predicted molar refractivity (Wildman–Crippen MR) is 193 cm³/mol. The lowest BCUT2D eigenvalue weighted by Gasteiger charge is -2.27. The van der Waals surface area contributed by atoms with E-state index in [9.17, 15) is 19.2 Å². The van der Waals surface area contributed by atoms with E-state index in [1.165, 1.54) is 0 Å². The van der Waals surface area contributed by atoms with E-state index in [1.807, 2.05) is 0 Å². The van der Waals surface area contributed by atoms with E-state index in [1.54, 1.807) is 45.0 Å². The minimum absolute atomic E-state index is 0.130. The highest BCUT2D eigenvalue weighted by atomic mass is 16.2. The number of rotatable bonds is 23. The number of nitrogens with two attached hydrogens (primary N) is 3. The van der Waals surface area contributed by atoms with Gasteiger partial charge in [0.05, 0.1) is 0 Å². The first kappa shape index (κ1) is 42.6. The molecule has 1 aromatic rings. The fraction of sp³-hybridized carbons (Fsp3) is 0.562. The average Bonchev–Trinajstić information content (AvgIpc) is 3.04. The molecular weight excluding hydrogens is 644 g/mol. The molecule has 0 fully saturated rings. The number of amides is 4. The Labute approximate surface area is 293 Å². The summed E-state index contributed by atoms with van der Waals surface area (Å²) in [5.41, 5.74) is 18.0. The Morgan fingerprint density at radius 3 is 1.62 bits per heavy atom. The Hall–Kier alpha value is -5.42. The van der Waals surface area contributed by atoms with Crippen LogP contribution < -0.4 is 54.4 Å². The molecule has 278 valence electrons. The van der Waals surface area contributed by atoms with Gasteiger partial charge in [-0.2, -0.15) is 0 Å². The summed E-state index contributed by atoms with van der Waals surface area (Å²) >= 11 is 0. The fourth-order valence-electron chi connectivity index (χ4n) is 4.73. The summed E-state index contributed by atoms with van der Waals surface area (Å²) in [5.74, 6) is -2.96. The molecule has 17 N–H and O–H groups in total. The molecular formula is C32H56N14O4. The smallest absolute Gasteiger partial charge is 0.243 e. The maximum Gasteiger partial charge on any atom is 0.243 e. The van der Waals surface area contributed by atoms with Crippen LogP contribution in [0.3, 0.4) is 0 Å². The highest BCUT2D eigenvalue weighted by Gasteiger charge is 2.31. The van der Waals surface area contributed by atoms with Crippen LogP contribution in [0.15, 0.2) is 24.3 Å². The zero-order chi connectivity index (χ0) is 37.6. The largest absolute Gasteiger partial charge is 0.370 e. The molecule has 3 atom stereocenters. The fourth-order valence-corrected chi connectivity index (χ4v) is 4.73. The van der Waals surface area contributed by atoms with Crippen molar-refractivity contribution in [1.29, 1.82) is 21.6 Å². The van der Waals surface area contributed by atoms with Gasteiger partial charge in [0.1, 0.15) is 18.1 Å². The molecule has 0 heterocycles.